The molecule has 2 aliphatic heterocycles. The Morgan fingerprint density at radius 2 is 1.67 bits per heavy atom. The van der Waals surface area contributed by atoms with Crippen LogP contribution in [-0.2, 0) is 5.41 Å². The Bertz CT molecular complexity index is 1680. The lowest BCUT2D eigenvalue weighted by molar-refractivity contribution is 0.0977. The highest BCUT2D eigenvalue weighted by atomic mass is 35.5. The number of piperidine rings is 1. The van der Waals surface area contributed by atoms with Gasteiger partial charge in [0.15, 0.2) is 0 Å². The number of rotatable bonds is 6. The Morgan fingerprint density at radius 3 is 2.40 bits per heavy atom. The summed E-state index contributed by atoms with van der Waals surface area (Å²) in [5, 5.41) is 0.283. The lowest BCUT2D eigenvalue weighted by Gasteiger charge is -2.39. The minimum Gasteiger partial charge on any atom is -0.307 e. The lowest BCUT2D eigenvalue weighted by Crippen LogP contribution is -2.46. The molecule has 0 unspecified atom stereocenters. The lowest BCUT2D eigenvalue weighted by atomic mass is 9.74. The molecule has 3 heterocycles. The fourth-order valence-corrected chi connectivity index (χ4v) is 7.10. The second-order valence-electron chi connectivity index (χ2n) is 11.1. The second kappa shape index (κ2) is 12.2. The third kappa shape index (κ3) is 6.37. The number of amides is 1. The van der Waals surface area contributed by atoms with Crippen molar-refractivity contribution in [3.63, 3.8) is 0 Å². The summed E-state index contributed by atoms with van der Waals surface area (Å²) in [6, 6.07) is 19.6. The smallest absolute Gasteiger partial charge is 0.258 e. The normalized spacial score (nSPS) is 16.3. The maximum atomic E-state index is 14.0. The minimum absolute atomic E-state index is 0.115. The number of nitrogens with zero attached hydrogens (tertiary/aromatic N) is 3. The maximum Gasteiger partial charge on any atom is 0.258 e. The number of anilines is 1. The molecule has 43 heavy (non-hydrogen) atoms. The molecule has 0 N–H and O–H groups in total. The van der Waals surface area contributed by atoms with E-state index in [0.717, 1.165) is 53.0 Å². The molecule has 3 aromatic carbocycles. The van der Waals surface area contributed by atoms with E-state index in [2.05, 4.69) is 16.0 Å². The molecular weight excluding hydrogens is 591 g/mol. The molecule has 9 heteroatoms. The molecule has 1 spiro atoms. The van der Waals surface area contributed by atoms with Crippen molar-refractivity contribution in [2.75, 3.05) is 31.1 Å². The Morgan fingerprint density at radius 1 is 0.953 bits per heavy atom. The van der Waals surface area contributed by atoms with Gasteiger partial charge in [0.1, 0.15) is 22.6 Å². The van der Waals surface area contributed by atoms with Gasteiger partial charge in [0, 0.05) is 56.9 Å². The van der Waals surface area contributed by atoms with E-state index in [1.165, 1.54) is 24.3 Å². The van der Waals surface area contributed by atoms with Crippen LogP contribution in [0.5, 0.6) is 0 Å². The van der Waals surface area contributed by atoms with Gasteiger partial charge in [-0.2, -0.15) is 0 Å². The van der Waals surface area contributed by atoms with Gasteiger partial charge in [-0.3, -0.25) is 9.69 Å². The molecule has 0 bridgehead atoms. The van der Waals surface area contributed by atoms with Crippen molar-refractivity contribution < 1.29 is 18.0 Å². The Balaban J connectivity index is 1.25. The van der Waals surface area contributed by atoms with Crippen LogP contribution >= 0.6 is 23.4 Å². The van der Waals surface area contributed by atoms with E-state index < -0.39 is 11.6 Å². The molecular formula is C34H29ClF3N3OS. The first-order valence-corrected chi connectivity index (χ1v) is 15.3. The molecule has 2 aliphatic rings. The summed E-state index contributed by atoms with van der Waals surface area (Å²) in [5.41, 5.74) is 3.32. The Kier molecular flexibility index (Phi) is 8.36. The third-order valence-corrected chi connectivity index (χ3v) is 9.38. The zero-order valence-electron chi connectivity index (χ0n) is 23.5. The van der Waals surface area contributed by atoms with Crippen LogP contribution in [0.25, 0.3) is 6.08 Å². The Labute approximate surface area is 258 Å². The van der Waals surface area contributed by atoms with Crippen LogP contribution in [0.2, 0.25) is 5.15 Å². The maximum absolute atomic E-state index is 14.0. The number of pyridine rings is 1. The summed E-state index contributed by atoms with van der Waals surface area (Å²) < 4.78 is 40.8. The molecule has 1 saturated heterocycles. The van der Waals surface area contributed by atoms with Crippen molar-refractivity contribution in [2.24, 2.45) is 0 Å². The summed E-state index contributed by atoms with van der Waals surface area (Å²) in [7, 11) is 0. The van der Waals surface area contributed by atoms with Gasteiger partial charge in [-0.25, -0.2) is 18.2 Å². The fraction of sp³-hybridized carbons (Fsp3) is 0.235. The van der Waals surface area contributed by atoms with E-state index in [1.807, 2.05) is 30.0 Å². The van der Waals surface area contributed by atoms with Crippen molar-refractivity contribution in [2.45, 2.75) is 35.0 Å². The van der Waals surface area contributed by atoms with E-state index in [0.29, 0.717) is 29.9 Å². The molecule has 0 saturated carbocycles. The van der Waals surface area contributed by atoms with Crippen molar-refractivity contribution in [3.05, 3.63) is 124 Å². The summed E-state index contributed by atoms with van der Waals surface area (Å²) >= 11 is 7.77. The Hall–Kier alpha value is -3.59. The van der Waals surface area contributed by atoms with Gasteiger partial charge < -0.3 is 4.90 Å². The van der Waals surface area contributed by atoms with Gasteiger partial charge in [0.25, 0.3) is 5.91 Å². The summed E-state index contributed by atoms with van der Waals surface area (Å²) in [6.45, 7) is 4.60. The zero-order valence-corrected chi connectivity index (χ0v) is 25.1. The number of carbonyl (C=O) groups excluding carboxylic acids is 1. The van der Waals surface area contributed by atoms with Gasteiger partial charge in [0.05, 0.1) is 0 Å². The monoisotopic (exact) mass is 619 g/mol. The summed E-state index contributed by atoms with van der Waals surface area (Å²) in [5.74, 6) is -1.57. The number of hydrogen-bond acceptors (Lipinski definition) is 4. The van der Waals surface area contributed by atoms with Crippen LogP contribution < -0.4 is 4.90 Å². The van der Waals surface area contributed by atoms with Crippen LogP contribution in [0.1, 0.15) is 40.0 Å². The number of benzene rings is 3. The summed E-state index contributed by atoms with van der Waals surface area (Å²) in [4.78, 5) is 24.2. The van der Waals surface area contributed by atoms with Crippen molar-refractivity contribution in [3.8, 4) is 0 Å². The zero-order chi connectivity index (χ0) is 30.1. The molecule has 1 aromatic heterocycles. The van der Waals surface area contributed by atoms with Crippen molar-refractivity contribution >= 4 is 41.0 Å². The van der Waals surface area contributed by atoms with Crippen LogP contribution in [0.4, 0.5) is 18.9 Å². The highest BCUT2D eigenvalue weighted by Gasteiger charge is 2.46. The first kappa shape index (κ1) is 29.5. The number of carbonyl (C=O) groups is 1. The van der Waals surface area contributed by atoms with Gasteiger partial charge in [0.2, 0.25) is 0 Å². The molecule has 4 aromatic rings. The van der Waals surface area contributed by atoms with E-state index >= 15 is 0 Å². The second-order valence-corrected chi connectivity index (χ2v) is 12.6. The number of likely N-dealkylation sites (tertiary alicyclic amines) is 1. The average molecular weight is 620 g/mol. The van der Waals surface area contributed by atoms with E-state index in [-0.39, 0.29) is 22.3 Å². The topological polar surface area (TPSA) is 36.4 Å². The predicted molar refractivity (Wildman–Crippen MR) is 165 cm³/mol. The minimum atomic E-state index is -0.596. The molecule has 4 nitrogen and oxygen atoms in total. The number of aryl methyl sites for hydroxylation is 1. The molecule has 0 radical (unpaired) electrons. The molecule has 1 amide bonds. The molecule has 1 fully saturated rings. The van der Waals surface area contributed by atoms with Crippen molar-refractivity contribution in [1.82, 2.24) is 9.88 Å². The fourth-order valence-electron chi connectivity index (χ4n) is 6.00. The molecule has 0 atom stereocenters. The van der Waals surface area contributed by atoms with Crippen molar-refractivity contribution in [1.29, 1.82) is 0 Å². The van der Waals surface area contributed by atoms with Gasteiger partial charge >= 0.3 is 0 Å². The number of hydrogen-bond donors (Lipinski definition) is 0. The molecule has 6 rings (SSSR count). The van der Waals surface area contributed by atoms with Gasteiger partial charge in [-0.15, -0.1) is 0 Å². The van der Waals surface area contributed by atoms with Gasteiger partial charge in [-0.05, 0) is 105 Å². The predicted octanol–water partition coefficient (Wildman–Crippen LogP) is 8.32. The van der Waals surface area contributed by atoms with Crippen LogP contribution in [-0.4, -0.2) is 42.0 Å². The van der Waals surface area contributed by atoms with Crippen LogP contribution in [0.3, 0.4) is 0 Å². The number of aromatic nitrogens is 1. The molecule has 220 valence electrons. The average Bonchev–Trinajstić information content (AvgIpc) is 3.28. The van der Waals surface area contributed by atoms with E-state index in [9.17, 15) is 18.0 Å². The van der Waals surface area contributed by atoms with Crippen LogP contribution in [0, 0.1) is 24.4 Å². The van der Waals surface area contributed by atoms with E-state index in [1.54, 1.807) is 42.1 Å². The van der Waals surface area contributed by atoms with Crippen LogP contribution in [0.15, 0.2) is 88.7 Å². The number of halogens is 4. The highest BCUT2D eigenvalue weighted by molar-refractivity contribution is 7.99. The largest absolute Gasteiger partial charge is 0.307 e. The van der Waals surface area contributed by atoms with E-state index in [4.69, 9.17) is 11.6 Å². The SMILES string of the molecule is Cc1cc(C(=O)N2CC3(CCN(C/C=C/c4ccc(F)cc4F)CC3)c3cc(Sc4ccc(F)cc4)ccc32)cc(Cl)n1. The molecule has 0 aliphatic carbocycles. The standard InChI is InChI=1S/C34H29ClF3N3OS/c1-22-17-24(18-32(35)39-22)33(42)41-21-34(29-20-28(10-11-31(29)41)43-27-8-6-25(36)7-9-27)12-15-40(16-13-34)14-2-3-23-4-5-26(37)19-30(23)38/h2-11,17-20H,12-16,21H2,1H3/b3-2+. The first-order valence-electron chi connectivity index (χ1n) is 14.1. The highest BCUT2D eigenvalue weighted by Crippen LogP contribution is 2.49. The quantitative estimate of drug-likeness (QED) is 0.203. The number of fused-ring (bicyclic) bond motifs is 2. The third-order valence-electron chi connectivity index (χ3n) is 8.19. The summed E-state index contributed by atoms with van der Waals surface area (Å²) in [6.07, 6.45) is 5.26. The first-order chi connectivity index (χ1) is 20.7. The van der Waals surface area contributed by atoms with Gasteiger partial charge in [-0.1, -0.05) is 35.5 Å².